The number of rotatable bonds is 6. The van der Waals surface area contributed by atoms with Crippen LogP contribution in [0.2, 0.25) is 0 Å². The Bertz CT molecular complexity index is 1100. The van der Waals surface area contributed by atoms with Crippen LogP contribution in [-0.2, 0) is 17.9 Å². The van der Waals surface area contributed by atoms with Crippen LogP contribution in [0, 0.1) is 0 Å². The molecule has 4 rings (SSSR count). The summed E-state index contributed by atoms with van der Waals surface area (Å²) in [5.74, 6) is 1.48. The first-order valence-corrected chi connectivity index (χ1v) is 9.81. The first-order chi connectivity index (χ1) is 13.7. The van der Waals surface area contributed by atoms with Gasteiger partial charge < -0.3 is 14.2 Å². The highest BCUT2D eigenvalue weighted by Crippen LogP contribution is 2.25. The molecule has 0 radical (unpaired) electrons. The van der Waals surface area contributed by atoms with Gasteiger partial charge >= 0.3 is 0 Å². The van der Waals surface area contributed by atoms with Crippen molar-refractivity contribution < 1.29 is 9.53 Å². The van der Waals surface area contributed by atoms with Crippen molar-refractivity contribution in [2.45, 2.75) is 13.1 Å². The average molecular weight is 392 g/mol. The van der Waals surface area contributed by atoms with E-state index in [4.69, 9.17) is 9.72 Å². The molecule has 2 aromatic heterocycles. The summed E-state index contributed by atoms with van der Waals surface area (Å²) in [6, 6.07) is 15.6. The number of carbonyl (C=O) groups excluding carboxylic acids is 1. The van der Waals surface area contributed by atoms with E-state index in [-0.39, 0.29) is 12.5 Å². The van der Waals surface area contributed by atoms with Crippen LogP contribution in [0.15, 0.2) is 59.4 Å². The largest absolute Gasteiger partial charge is 0.496 e. The molecular formula is C21H20N4O2S. The lowest BCUT2D eigenvalue weighted by molar-refractivity contribution is -0.130. The fraction of sp³-hybridized carbons (Fsp3) is 0.190. The number of benzene rings is 2. The van der Waals surface area contributed by atoms with Gasteiger partial charge in [0.1, 0.15) is 18.0 Å². The number of ether oxygens (including phenoxy) is 1. The van der Waals surface area contributed by atoms with E-state index in [2.05, 4.69) is 4.98 Å². The molecule has 0 aliphatic heterocycles. The van der Waals surface area contributed by atoms with Gasteiger partial charge in [-0.05, 0) is 18.2 Å². The van der Waals surface area contributed by atoms with Crippen LogP contribution < -0.4 is 4.74 Å². The number of hydrogen-bond acceptors (Lipinski definition) is 5. The van der Waals surface area contributed by atoms with Crippen molar-refractivity contribution in [1.82, 2.24) is 19.4 Å². The molecule has 0 unspecified atom stereocenters. The van der Waals surface area contributed by atoms with E-state index in [0.717, 1.165) is 28.0 Å². The summed E-state index contributed by atoms with van der Waals surface area (Å²) in [6.45, 7) is 0.667. The molecule has 0 fully saturated rings. The van der Waals surface area contributed by atoms with Gasteiger partial charge in [0.05, 0.1) is 23.7 Å². The van der Waals surface area contributed by atoms with Gasteiger partial charge in [0.2, 0.25) is 5.91 Å². The average Bonchev–Trinajstić information content (AvgIpc) is 3.36. The number of likely N-dealkylation sites (N-methyl/N-ethyl adjacent to an activating group) is 1. The number of thiazole rings is 1. The summed E-state index contributed by atoms with van der Waals surface area (Å²) >= 11 is 1.51. The number of carbonyl (C=O) groups is 1. The molecule has 1 amide bonds. The maximum atomic E-state index is 13.0. The highest BCUT2D eigenvalue weighted by atomic mass is 32.1. The zero-order chi connectivity index (χ0) is 19.5. The van der Waals surface area contributed by atoms with Gasteiger partial charge in [-0.25, -0.2) is 9.97 Å². The van der Waals surface area contributed by atoms with Crippen molar-refractivity contribution in [2.24, 2.45) is 0 Å². The third-order valence-corrected chi connectivity index (χ3v) is 5.22. The van der Waals surface area contributed by atoms with Gasteiger partial charge in [-0.15, -0.1) is 11.3 Å². The van der Waals surface area contributed by atoms with Crippen molar-refractivity contribution in [1.29, 1.82) is 0 Å². The van der Waals surface area contributed by atoms with Crippen molar-refractivity contribution in [2.75, 3.05) is 14.2 Å². The minimum Gasteiger partial charge on any atom is -0.496 e. The van der Waals surface area contributed by atoms with E-state index in [1.165, 1.54) is 11.3 Å². The summed E-state index contributed by atoms with van der Waals surface area (Å²) < 4.78 is 7.33. The van der Waals surface area contributed by atoms with E-state index >= 15 is 0 Å². The van der Waals surface area contributed by atoms with Crippen LogP contribution in [0.5, 0.6) is 5.75 Å². The van der Waals surface area contributed by atoms with Gasteiger partial charge in [-0.2, -0.15) is 0 Å². The first-order valence-electron chi connectivity index (χ1n) is 8.87. The van der Waals surface area contributed by atoms with E-state index in [9.17, 15) is 4.79 Å². The normalized spacial score (nSPS) is 10.9. The molecule has 0 spiro atoms. The van der Waals surface area contributed by atoms with Crippen LogP contribution >= 0.6 is 11.3 Å². The second kappa shape index (κ2) is 7.82. The van der Waals surface area contributed by atoms with Crippen LogP contribution in [0.1, 0.15) is 5.56 Å². The maximum absolute atomic E-state index is 13.0. The van der Waals surface area contributed by atoms with Gasteiger partial charge in [0.25, 0.3) is 0 Å². The van der Waals surface area contributed by atoms with Crippen molar-refractivity contribution in [3.8, 4) is 17.3 Å². The van der Waals surface area contributed by atoms with Crippen LogP contribution in [-0.4, -0.2) is 39.5 Å². The number of aromatic nitrogens is 3. The minimum absolute atomic E-state index is 0.00876. The Morgan fingerprint density at radius 1 is 1.18 bits per heavy atom. The summed E-state index contributed by atoms with van der Waals surface area (Å²) in [6.07, 6.45) is 0. The molecule has 0 N–H and O–H groups in total. The summed E-state index contributed by atoms with van der Waals surface area (Å²) in [5.41, 5.74) is 5.29. The third-order valence-electron chi connectivity index (χ3n) is 4.64. The number of hydrogen-bond donors (Lipinski definition) is 0. The Morgan fingerprint density at radius 2 is 1.96 bits per heavy atom. The van der Waals surface area contributed by atoms with E-state index in [1.807, 2.05) is 58.5 Å². The summed E-state index contributed by atoms with van der Waals surface area (Å²) in [5, 5.41) is 1.95. The number of para-hydroxylation sites is 3. The molecule has 0 saturated carbocycles. The highest BCUT2D eigenvalue weighted by Gasteiger charge is 2.19. The lowest BCUT2D eigenvalue weighted by Crippen LogP contribution is -2.30. The quantitative estimate of drug-likeness (QED) is 0.500. The molecule has 0 aliphatic carbocycles. The van der Waals surface area contributed by atoms with Crippen molar-refractivity contribution in [3.05, 3.63) is 65.0 Å². The Kier molecular flexibility index (Phi) is 5.08. The van der Waals surface area contributed by atoms with Crippen LogP contribution in [0.25, 0.3) is 22.6 Å². The molecular weight excluding hydrogens is 372 g/mol. The Balaban J connectivity index is 1.62. The second-order valence-electron chi connectivity index (χ2n) is 6.45. The molecule has 142 valence electrons. The first kappa shape index (κ1) is 18.2. The monoisotopic (exact) mass is 392 g/mol. The van der Waals surface area contributed by atoms with Gasteiger partial charge in [-0.3, -0.25) is 4.79 Å². The van der Waals surface area contributed by atoms with Crippen molar-refractivity contribution >= 4 is 28.3 Å². The Hall–Kier alpha value is -3.19. The highest BCUT2D eigenvalue weighted by molar-refractivity contribution is 7.07. The molecule has 2 aromatic carbocycles. The third kappa shape index (κ3) is 3.48. The predicted octanol–water partition coefficient (Wildman–Crippen LogP) is 3.83. The molecule has 0 atom stereocenters. The zero-order valence-corrected chi connectivity index (χ0v) is 16.5. The lowest BCUT2D eigenvalue weighted by atomic mass is 10.2. The van der Waals surface area contributed by atoms with Gasteiger partial charge in [-0.1, -0.05) is 30.3 Å². The fourth-order valence-corrected chi connectivity index (χ4v) is 3.72. The molecule has 7 heteroatoms. The molecule has 0 aliphatic rings. The Labute approximate surface area is 167 Å². The van der Waals surface area contributed by atoms with Gasteiger partial charge in [0, 0.05) is 24.5 Å². The molecule has 28 heavy (non-hydrogen) atoms. The molecule has 4 aromatic rings. The predicted molar refractivity (Wildman–Crippen MR) is 110 cm³/mol. The van der Waals surface area contributed by atoms with Crippen molar-refractivity contribution in [3.63, 3.8) is 0 Å². The smallest absolute Gasteiger partial charge is 0.242 e. The van der Waals surface area contributed by atoms with Gasteiger partial charge in [0.15, 0.2) is 5.82 Å². The van der Waals surface area contributed by atoms with E-state index < -0.39 is 0 Å². The molecule has 2 heterocycles. The fourth-order valence-electron chi connectivity index (χ4n) is 3.19. The standard InChI is InChI=1S/C21H20N4O2S/c1-24(11-15-7-3-6-10-19(15)27-2)20(26)12-25-18-9-5-4-8-16(18)23-21(25)17-13-28-14-22-17/h3-10,13-14H,11-12H2,1-2H3. The summed E-state index contributed by atoms with van der Waals surface area (Å²) in [7, 11) is 3.44. The number of nitrogens with zero attached hydrogens (tertiary/aromatic N) is 4. The zero-order valence-electron chi connectivity index (χ0n) is 15.7. The lowest BCUT2D eigenvalue weighted by Gasteiger charge is -2.20. The minimum atomic E-state index is -0.00876. The number of fused-ring (bicyclic) bond motifs is 1. The Morgan fingerprint density at radius 3 is 2.75 bits per heavy atom. The van der Waals surface area contributed by atoms with Crippen LogP contribution in [0.3, 0.4) is 0 Å². The maximum Gasteiger partial charge on any atom is 0.242 e. The SMILES string of the molecule is COc1ccccc1CN(C)C(=O)Cn1c(-c2cscn2)nc2ccccc21. The second-order valence-corrected chi connectivity index (χ2v) is 7.16. The summed E-state index contributed by atoms with van der Waals surface area (Å²) in [4.78, 5) is 23.8. The topological polar surface area (TPSA) is 60.2 Å². The number of amides is 1. The molecule has 0 saturated heterocycles. The van der Waals surface area contributed by atoms with E-state index in [0.29, 0.717) is 12.4 Å². The molecule has 0 bridgehead atoms. The van der Waals surface area contributed by atoms with Crippen LogP contribution in [0.4, 0.5) is 0 Å². The number of methoxy groups -OCH3 is 1. The number of imidazole rings is 1. The molecule has 6 nitrogen and oxygen atoms in total. The van der Waals surface area contributed by atoms with E-state index in [1.54, 1.807) is 24.6 Å².